The van der Waals surface area contributed by atoms with Crippen molar-refractivity contribution in [2.75, 3.05) is 63.3 Å². The van der Waals surface area contributed by atoms with Crippen molar-refractivity contribution in [2.45, 2.75) is 25.7 Å². The van der Waals surface area contributed by atoms with Gasteiger partial charge in [0.05, 0.1) is 13.2 Å². The first kappa shape index (κ1) is 18.8. The number of anilines is 2. The van der Waals surface area contributed by atoms with Gasteiger partial charge < -0.3 is 25.0 Å². The molecule has 1 unspecified atom stereocenters. The highest BCUT2D eigenvalue weighted by molar-refractivity contribution is 5.77. The Kier molecular flexibility index (Phi) is 6.26. The first-order valence-corrected chi connectivity index (χ1v) is 9.34. The number of methoxy groups -OCH3 is 1. The number of likely N-dealkylation sites (tertiary alicyclic amines) is 1. The minimum absolute atomic E-state index is 0.0670. The number of carbonyl (C=O) groups excluding carboxylic acids is 1. The zero-order valence-corrected chi connectivity index (χ0v) is 15.5. The zero-order valence-electron chi connectivity index (χ0n) is 15.5. The summed E-state index contributed by atoms with van der Waals surface area (Å²) in [7, 11) is 1.67. The second-order valence-corrected chi connectivity index (χ2v) is 7.25. The molecule has 0 radical (unpaired) electrons. The third-order valence-electron chi connectivity index (χ3n) is 5.37. The molecule has 0 aromatic carbocycles. The van der Waals surface area contributed by atoms with E-state index in [0.29, 0.717) is 26.1 Å². The molecule has 26 heavy (non-hydrogen) atoms. The molecule has 8 heteroatoms. The standard InChI is InChI=1S/C18H29N5O3/c1-26-10-8-23-13-18(5-3-17(23)25)4-2-7-22(12-18)16-11-15(19-6-9-24)20-14-21-16/h11,14,24H,2-10,12-13H2,1H3,(H,19,20,21). The molecule has 0 bridgehead atoms. The molecule has 3 heterocycles. The van der Waals surface area contributed by atoms with E-state index >= 15 is 0 Å². The number of aliphatic hydroxyl groups excluding tert-OH is 1. The van der Waals surface area contributed by atoms with Gasteiger partial charge in [-0.2, -0.15) is 0 Å². The Morgan fingerprint density at radius 1 is 1.35 bits per heavy atom. The maximum absolute atomic E-state index is 12.2. The van der Waals surface area contributed by atoms with Crippen molar-refractivity contribution in [3.05, 3.63) is 12.4 Å². The molecule has 2 aliphatic heterocycles. The van der Waals surface area contributed by atoms with E-state index in [2.05, 4.69) is 20.2 Å². The smallest absolute Gasteiger partial charge is 0.222 e. The lowest BCUT2D eigenvalue weighted by Gasteiger charge is -2.48. The number of carbonyl (C=O) groups is 1. The van der Waals surface area contributed by atoms with Crippen molar-refractivity contribution in [3.63, 3.8) is 0 Å². The molecular weight excluding hydrogens is 334 g/mol. The summed E-state index contributed by atoms with van der Waals surface area (Å²) in [5.74, 6) is 1.87. The second-order valence-electron chi connectivity index (χ2n) is 7.25. The molecule has 1 aromatic rings. The van der Waals surface area contributed by atoms with Crippen LogP contribution in [0.4, 0.5) is 11.6 Å². The Morgan fingerprint density at radius 2 is 2.23 bits per heavy atom. The fraction of sp³-hybridized carbons (Fsp3) is 0.722. The summed E-state index contributed by atoms with van der Waals surface area (Å²) in [6, 6.07) is 1.94. The van der Waals surface area contributed by atoms with Gasteiger partial charge in [-0.15, -0.1) is 0 Å². The Labute approximate surface area is 154 Å². The van der Waals surface area contributed by atoms with Crippen molar-refractivity contribution in [2.24, 2.45) is 5.41 Å². The van der Waals surface area contributed by atoms with Crippen LogP contribution in [0.15, 0.2) is 12.4 Å². The van der Waals surface area contributed by atoms with Crippen LogP contribution >= 0.6 is 0 Å². The predicted molar refractivity (Wildman–Crippen MR) is 99.2 cm³/mol. The minimum atomic E-state index is 0.0670. The lowest BCUT2D eigenvalue weighted by Crippen LogP contribution is -2.54. The van der Waals surface area contributed by atoms with Crippen LogP contribution in [0.25, 0.3) is 0 Å². The number of nitrogens with one attached hydrogen (secondary N) is 1. The first-order chi connectivity index (χ1) is 12.7. The molecule has 0 saturated carbocycles. The number of piperidine rings is 2. The van der Waals surface area contributed by atoms with E-state index in [1.807, 2.05) is 11.0 Å². The monoisotopic (exact) mass is 363 g/mol. The van der Waals surface area contributed by atoms with E-state index in [0.717, 1.165) is 50.5 Å². The average molecular weight is 363 g/mol. The highest BCUT2D eigenvalue weighted by Crippen LogP contribution is 2.39. The van der Waals surface area contributed by atoms with Crippen molar-refractivity contribution in [1.29, 1.82) is 0 Å². The molecule has 2 N–H and O–H groups in total. The fourth-order valence-electron chi connectivity index (χ4n) is 4.04. The summed E-state index contributed by atoms with van der Waals surface area (Å²) in [4.78, 5) is 25.1. The van der Waals surface area contributed by atoms with Gasteiger partial charge in [-0.3, -0.25) is 4.79 Å². The van der Waals surface area contributed by atoms with E-state index in [1.165, 1.54) is 0 Å². The average Bonchev–Trinajstić information content (AvgIpc) is 2.68. The van der Waals surface area contributed by atoms with Gasteiger partial charge in [0.15, 0.2) is 0 Å². The summed E-state index contributed by atoms with van der Waals surface area (Å²) in [5, 5.41) is 12.0. The second kappa shape index (κ2) is 8.64. The highest BCUT2D eigenvalue weighted by atomic mass is 16.5. The van der Waals surface area contributed by atoms with Gasteiger partial charge in [-0.25, -0.2) is 9.97 Å². The van der Waals surface area contributed by atoms with Crippen molar-refractivity contribution in [1.82, 2.24) is 14.9 Å². The molecule has 2 aliphatic rings. The zero-order chi connectivity index (χ0) is 18.4. The van der Waals surface area contributed by atoms with E-state index in [1.54, 1.807) is 13.4 Å². The molecule has 0 aliphatic carbocycles. The minimum Gasteiger partial charge on any atom is -0.395 e. The normalized spacial score (nSPS) is 23.5. The molecule has 144 valence electrons. The van der Waals surface area contributed by atoms with Crippen LogP contribution in [0.2, 0.25) is 0 Å². The number of nitrogens with zero attached hydrogens (tertiary/aromatic N) is 4. The van der Waals surface area contributed by atoms with Crippen LogP contribution in [-0.2, 0) is 9.53 Å². The van der Waals surface area contributed by atoms with Gasteiger partial charge in [0, 0.05) is 57.7 Å². The Morgan fingerprint density at radius 3 is 3.04 bits per heavy atom. The maximum Gasteiger partial charge on any atom is 0.222 e. The number of aliphatic hydroxyl groups is 1. The van der Waals surface area contributed by atoms with Crippen LogP contribution in [0, 0.1) is 5.41 Å². The van der Waals surface area contributed by atoms with E-state index in [-0.39, 0.29) is 17.9 Å². The number of aromatic nitrogens is 2. The summed E-state index contributed by atoms with van der Waals surface area (Å²) < 4.78 is 5.16. The molecule has 8 nitrogen and oxygen atoms in total. The van der Waals surface area contributed by atoms with Crippen molar-refractivity contribution < 1.29 is 14.6 Å². The number of hydrogen-bond acceptors (Lipinski definition) is 7. The molecule has 2 fully saturated rings. The molecular formula is C18H29N5O3. The topological polar surface area (TPSA) is 90.8 Å². The maximum atomic E-state index is 12.2. The van der Waals surface area contributed by atoms with Crippen molar-refractivity contribution in [3.8, 4) is 0 Å². The van der Waals surface area contributed by atoms with Crippen LogP contribution in [0.5, 0.6) is 0 Å². The van der Waals surface area contributed by atoms with Crippen LogP contribution in [0.3, 0.4) is 0 Å². The van der Waals surface area contributed by atoms with E-state index < -0.39 is 0 Å². The molecule has 3 rings (SSSR count). The summed E-state index contributed by atoms with van der Waals surface area (Å²) >= 11 is 0. The molecule has 2 saturated heterocycles. The first-order valence-electron chi connectivity index (χ1n) is 9.34. The van der Waals surface area contributed by atoms with Gasteiger partial charge >= 0.3 is 0 Å². The fourth-order valence-corrected chi connectivity index (χ4v) is 4.04. The predicted octanol–water partition coefficient (Wildman–Crippen LogP) is 0.736. The van der Waals surface area contributed by atoms with Crippen LogP contribution in [0.1, 0.15) is 25.7 Å². The summed E-state index contributed by atoms with van der Waals surface area (Å²) in [6.45, 7) is 4.45. The lowest BCUT2D eigenvalue weighted by atomic mass is 9.73. The van der Waals surface area contributed by atoms with Crippen LogP contribution < -0.4 is 10.2 Å². The number of rotatable bonds is 7. The van der Waals surface area contributed by atoms with Gasteiger partial charge in [0.1, 0.15) is 18.0 Å². The third kappa shape index (κ3) is 4.42. The summed E-state index contributed by atoms with van der Waals surface area (Å²) in [5.41, 5.74) is 0.129. The third-order valence-corrected chi connectivity index (χ3v) is 5.37. The number of hydrogen-bond donors (Lipinski definition) is 2. The quantitative estimate of drug-likeness (QED) is 0.738. The summed E-state index contributed by atoms with van der Waals surface area (Å²) in [6.07, 6.45) is 5.35. The molecule has 1 atom stereocenters. The highest BCUT2D eigenvalue weighted by Gasteiger charge is 2.41. The Balaban J connectivity index is 1.69. The largest absolute Gasteiger partial charge is 0.395 e. The van der Waals surface area contributed by atoms with Gasteiger partial charge in [-0.05, 0) is 19.3 Å². The Hall–Kier alpha value is -1.93. The number of ether oxygens (including phenoxy) is 1. The molecule has 1 aromatic heterocycles. The Bertz CT molecular complexity index is 614. The SMILES string of the molecule is COCCN1CC2(CCCN(c3cc(NCCO)ncn3)C2)CCC1=O. The van der Waals surface area contributed by atoms with E-state index in [4.69, 9.17) is 9.84 Å². The van der Waals surface area contributed by atoms with Gasteiger partial charge in [-0.1, -0.05) is 0 Å². The van der Waals surface area contributed by atoms with Crippen molar-refractivity contribution >= 4 is 17.5 Å². The number of amides is 1. The molecule has 1 amide bonds. The lowest BCUT2D eigenvalue weighted by molar-refractivity contribution is -0.138. The molecule has 1 spiro atoms. The van der Waals surface area contributed by atoms with E-state index in [9.17, 15) is 4.79 Å². The van der Waals surface area contributed by atoms with Gasteiger partial charge in [0.2, 0.25) is 5.91 Å². The van der Waals surface area contributed by atoms with Gasteiger partial charge in [0.25, 0.3) is 0 Å². The van der Waals surface area contributed by atoms with Crippen LogP contribution in [-0.4, -0.2) is 78.9 Å².